The standard InChI is InChI=1S/C28H37N7O4/c1-19(2)26-27-31-20(3)33-35(27)13-14-39-23-9-8-22(15-24(23)38-4)28(37)30-11-6-12-34(18-25(36)32-26)17-21-7-5-10-29-16-21/h5,7-10,15-16,19,26H,6,11-14,17-18H2,1-4H3,(H,30,37)(H,32,36)/t26-/m0/s1. The topological polar surface area (TPSA) is 124 Å². The second-order valence-corrected chi connectivity index (χ2v) is 9.93. The molecule has 11 heteroatoms. The maximum atomic E-state index is 13.3. The number of fused-ring (bicyclic) bond motifs is 13. The normalized spacial score (nSPS) is 17.8. The summed E-state index contributed by atoms with van der Waals surface area (Å²) in [6.07, 6.45) is 4.19. The fraction of sp³-hybridized carbons (Fsp3) is 0.464. The second-order valence-electron chi connectivity index (χ2n) is 9.93. The van der Waals surface area contributed by atoms with Crippen molar-refractivity contribution in [3.05, 3.63) is 65.5 Å². The zero-order chi connectivity index (χ0) is 27.8. The monoisotopic (exact) mass is 535 g/mol. The number of hydrogen-bond donors (Lipinski definition) is 2. The SMILES string of the molecule is COc1cc2ccc1OCCn1nc(C)nc1[C@H](C(C)C)NC(=O)CN(Cc1cccnc1)CCCNC2=O. The Morgan fingerprint density at radius 1 is 1.21 bits per heavy atom. The molecule has 0 saturated heterocycles. The molecule has 2 N–H and O–H groups in total. The van der Waals surface area contributed by atoms with Gasteiger partial charge in [0, 0.05) is 37.6 Å². The molecule has 5 rings (SSSR count). The third kappa shape index (κ3) is 7.53. The highest BCUT2D eigenvalue weighted by Crippen LogP contribution is 2.28. The van der Waals surface area contributed by atoms with E-state index in [1.54, 1.807) is 42.4 Å². The quantitative estimate of drug-likeness (QED) is 0.523. The number of rotatable bonds is 4. The maximum Gasteiger partial charge on any atom is 0.251 e. The van der Waals surface area contributed by atoms with Crippen molar-refractivity contribution in [3.8, 4) is 11.5 Å². The smallest absolute Gasteiger partial charge is 0.251 e. The van der Waals surface area contributed by atoms with Crippen molar-refractivity contribution in [3.63, 3.8) is 0 Å². The number of methoxy groups -OCH3 is 1. The summed E-state index contributed by atoms with van der Waals surface area (Å²) >= 11 is 0. The van der Waals surface area contributed by atoms with Crippen LogP contribution in [0.1, 0.15) is 53.9 Å². The minimum absolute atomic E-state index is 0.0842. The van der Waals surface area contributed by atoms with Crippen molar-refractivity contribution in [2.45, 2.75) is 46.3 Å². The third-order valence-corrected chi connectivity index (χ3v) is 6.49. The van der Waals surface area contributed by atoms with Gasteiger partial charge in [0.25, 0.3) is 5.91 Å². The van der Waals surface area contributed by atoms with Gasteiger partial charge in [-0.25, -0.2) is 9.67 Å². The van der Waals surface area contributed by atoms with Gasteiger partial charge in [0.1, 0.15) is 18.3 Å². The Morgan fingerprint density at radius 2 is 2.05 bits per heavy atom. The molecule has 2 aliphatic rings. The largest absolute Gasteiger partial charge is 0.493 e. The average Bonchev–Trinajstić information content (AvgIpc) is 3.29. The van der Waals surface area contributed by atoms with Crippen LogP contribution in [-0.4, -0.2) is 69.8 Å². The molecule has 2 aromatic heterocycles. The maximum absolute atomic E-state index is 13.3. The summed E-state index contributed by atoms with van der Waals surface area (Å²) in [4.78, 5) is 37.0. The van der Waals surface area contributed by atoms with Crippen LogP contribution >= 0.6 is 0 Å². The van der Waals surface area contributed by atoms with E-state index < -0.39 is 0 Å². The number of carbonyl (C=O) groups excluding carboxylic acids is 2. The van der Waals surface area contributed by atoms with Crippen LogP contribution in [0.3, 0.4) is 0 Å². The van der Waals surface area contributed by atoms with Gasteiger partial charge in [-0.05, 0) is 49.1 Å². The summed E-state index contributed by atoms with van der Waals surface area (Å²) in [6.45, 7) is 8.49. The van der Waals surface area contributed by atoms with Gasteiger partial charge in [-0.2, -0.15) is 5.10 Å². The summed E-state index contributed by atoms with van der Waals surface area (Å²) in [5.41, 5.74) is 1.49. The van der Waals surface area contributed by atoms with Crippen molar-refractivity contribution < 1.29 is 19.1 Å². The Kier molecular flexibility index (Phi) is 9.48. The predicted octanol–water partition coefficient (Wildman–Crippen LogP) is 2.52. The van der Waals surface area contributed by atoms with Gasteiger partial charge in [-0.1, -0.05) is 19.9 Å². The third-order valence-electron chi connectivity index (χ3n) is 6.49. The van der Waals surface area contributed by atoms with E-state index in [9.17, 15) is 9.59 Å². The Morgan fingerprint density at radius 3 is 2.79 bits per heavy atom. The first-order valence-corrected chi connectivity index (χ1v) is 13.2. The first kappa shape index (κ1) is 28.0. The van der Waals surface area contributed by atoms with Gasteiger partial charge < -0.3 is 20.1 Å². The van der Waals surface area contributed by atoms with E-state index in [0.717, 1.165) is 5.56 Å². The number of benzene rings is 1. The molecular formula is C28H37N7O4. The number of hydrogen-bond acceptors (Lipinski definition) is 8. The molecular weight excluding hydrogens is 498 g/mol. The van der Waals surface area contributed by atoms with Crippen LogP contribution in [0.5, 0.6) is 11.5 Å². The molecule has 0 aliphatic carbocycles. The van der Waals surface area contributed by atoms with Gasteiger partial charge in [-0.3, -0.25) is 19.5 Å². The lowest BCUT2D eigenvalue weighted by Gasteiger charge is -2.26. The molecule has 0 spiro atoms. The van der Waals surface area contributed by atoms with E-state index in [1.807, 2.05) is 32.9 Å². The molecule has 0 radical (unpaired) electrons. The van der Waals surface area contributed by atoms with Crippen LogP contribution in [-0.2, 0) is 17.9 Å². The van der Waals surface area contributed by atoms with Gasteiger partial charge >= 0.3 is 0 Å². The molecule has 3 aromatic rings. The fourth-order valence-electron chi connectivity index (χ4n) is 4.56. The first-order chi connectivity index (χ1) is 18.8. The van der Waals surface area contributed by atoms with E-state index in [4.69, 9.17) is 9.47 Å². The summed E-state index contributed by atoms with van der Waals surface area (Å²) in [5.74, 6) is 2.10. The molecule has 11 nitrogen and oxygen atoms in total. The van der Waals surface area contributed by atoms with Crippen LogP contribution in [0.2, 0.25) is 0 Å². The Balaban J connectivity index is 1.62. The molecule has 0 unspecified atom stereocenters. The van der Waals surface area contributed by atoms with Crippen molar-refractivity contribution in [1.29, 1.82) is 0 Å². The lowest BCUT2D eigenvalue weighted by Crippen LogP contribution is -2.41. The molecule has 2 bridgehead atoms. The zero-order valence-corrected chi connectivity index (χ0v) is 23.0. The van der Waals surface area contributed by atoms with Gasteiger partial charge in [-0.15, -0.1) is 0 Å². The minimum Gasteiger partial charge on any atom is -0.493 e. The van der Waals surface area contributed by atoms with E-state index >= 15 is 0 Å². The average molecular weight is 536 g/mol. The van der Waals surface area contributed by atoms with Crippen LogP contribution in [0.25, 0.3) is 0 Å². The Labute approximate surface area is 228 Å². The summed E-state index contributed by atoms with van der Waals surface area (Å²) in [7, 11) is 1.55. The summed E-state index contributed by atoms with van der Waals surface area (Å²) in [6, 6.07) is 8.68. The lowest BCUT2D eigenvalue weighted by molar-refractivity contribution is -0.123. The molecule has 1 atom stereocenters. The molecule has 0 saturated carbocycles. The van der Waals surface area contributed by atoms with Gasteiger partial charge in [0.2, 0.25) is 5.91 Å². The first-order valence-electron chi connectivity index (χ1n) is 13.2. The number of aryl methyl sites for hydroxylation is 1. The van der Waals surface area contributed by atoms with Gasteiger partial charge in [0.05, 0.1) is 26.2 Å². The highest BCUT2D eigenvalue weighted by atomic mass is 16.5. The molecule has 1 aromatic carbocycles. The summed E-state index contributed by atoms with van der Waals surface area (Å²) < 4.78 is 13.3. The highest BCUT2D eigenvalue weighted by Gasteiger charge is 2.26. The predicted molar refractivity (Wildman–Crippen MR) is 145 cm³/mol. The molecule has 2 amide bonds. The van der Waals surface area contributed by atoms with E-state index in [0.29, 0.717) is 67.9 Å². The van der Waals surface area contributed by atoms with Crippen LogP contribution in [0, 0.1) is 12.8 Å². The van der Waals surface area contributed by atoms with Crippen molar-refractivity contribution >= 4 is 11.8 Å². The van der Waals surface area contributed by atoms with Crippen molar-refractivity contribution in [2.24, 2.45) is 5.92 Å². The van der Waals surface area contributed by atoms with E-state index in [-0.39, 0.29) is 30.3 Å². The highest BCUT2D eigenvalue weighted by molar-refractivity contribution is 5.94. The second kappa shape index (κ2) is 13.2. The van der Waals surface area contributed by atoms with Crippen molar-refractivity contribution in [1.82, 2.24) is 35.3 Å². The molecule has 4 heterocycles. The number of amides is 2. The van der Waals surface area contributed by atoms with Gasteiger partial charge in [0.15, 0.2) is 11.5 Å². The Bertz CT molecular complexity index is 1260. The Hall–Kier alpha value is -3.99. The zero-order valence-electron chi connectivity index (χ0n) is 23.0. The number of nitrogens with zero attached hydrogens (tertiary/aromatic N) is 5. The summed E-state index contributed by atoms with van der Waals surface area (Å²) in [5, 5.41) is 10.7. The van der Waals surface area contributed by atoms with Crippen LogP contribution in [0.15, 0.2) is 42.7 Å². The number of aromatic nitrogens is 4. The van der Waals surface area contributed by atoms with Crippen LogP contribution in [0.4, 0.5) is 0 Å². The minimum atomic E-state index is -0.325. The fourth-order valence-corrected chi connectivity index (χ4v) is 4.56. The van der Waals surface area contributed by atoms with E-state index in [2.05, 4.69) is 30.6 Å². The van der Waals surface area contributed by atoms with Crippen LogP contribution < -0.4 is 20.1 Å². The number of ether oxygens (including phenoxy) is 2. The molecule has 2 aliphatic heterocycles. The molecule has 0 fully saturated rings. The van der Waals surface area contributed by atoms with E-state index in [1.165, 1.54) is 0 Å². The van der Waals surface area contributed by atoms with Crippen molar-refractivity contribution in [2.75, 3.05) is 33.4 Å². The molecule has 39 heavy (non-hydrogen) atoms. The lowest BCUT2D eigenvalue weighted by atomic mass is 10.0. The number of carbonyl (C=O) groups is 2. The number of nitrogens with one attached hydrogen (secondary N) is 2. The number of pyridine rings is 1. The molecule has 208 valence electrons.